The van der Waals surface area contributed by atoms with Gasteiger partial charge in [0, 0.05) is 29.7 Å². The molecular weight excluding hydrogens is 309 g/mol. The summed E-state index contributed by atoms with van der Waals surface area (Å²) in [5.74, 6) is 1.08. The monoisotopic (exact) mass is 331 g/mol. The number of halogens is 2. The summed E-state index contributed by atoms with van der Waals surface area (Å²) < 4.78 is 11.0. The Morgan fingerprint density at radius 1 is 1.33 bits per heavy atom. The van der Waals surface area contributed by atoms with Gasteiger partial charge in [0.25, 0.3) is 0 Å². The molecule has 2 unspecified atom stereocenters. The summed E-state index contributed by atoms with van der Waals surface area (Å²) in [7, 11) is 0. The second-order valence-corrected chi connectivity index (χ2v) is 6.11. The molecule has 0 aliphatic carbocycles. The van der Waals surface area contributed by atoms with Crippen LogP contribution in [0.4, 0.5) is 0 Å². The van der Waals surface area contributed by atoms with Gasteiger partial charge in [-0.2, -0.15) is 0 Å². The normalized spacial score (nSPS) is 19.7. The summed E-state index contributed by atoms with van der Waals surface area (Å²) in [6.07, 6.45) is 2.12. The van der Waals surface area contributed by atoms with Gasteiger partial charge in [-0.3, -0.25) is 0 Å². The molecule has 118 valence electrons. The Hall–Kier alpha value is -0.480. The lowest BCUT2D eigenvalue weighted by atomic mass is 9.92. The number of ether oxygens (including phenoxy) is 2. The Labute approximate surface area is 136 Å². The van der Waals surface area contributed by atoms with E-state index < -0.39 is 0 Å². The van der Waals surface area contributed by atoms with Gasteiger partial charge in [0.15, 0.2) is 0 Å². The van der Waals surface area contributed by atoms with E-state index in [0.717, 1.165) is 38.2 Å². The third-order valence-electron chi connectivity index (χ3n) is 3.74. The second-order valence-electron chi connectivity index (χ2n) is 5.29. The van der Waals surface area contributed by atoms with Gasteiger partial charge < -0.3 is 14.8 Å². The molecular formula is C16H23Cl2NO2. The van der Waals surface area contributed by atoms with Crippen LogP contribution in [0.5, 0.6) is 5.75 Å². The van der Waals surface area contributed by atoms with Crippen molar-refractivity contribution in [3.8, 4) is 5.75 Å². The Balaban J connectivity index is 2.27. The van der Waals surface area contributed by atoms with Gasteiger partial charge in [-0.1, -0.05) is 30.1 Å². The zero-order valence-electron chi connectivity index (χ0n) is 12.6. The summed E-state index contributed by atoms with van der Waals surface area (Å²) in [6.45, 7) is 7.19. The molecule has 0 saturated carbocycles. The molecule has 1 saturated heterocycles. The van der Waals surface area contributed by atoms with Crippen LogP contribution in [0.3, 0.4) is 0 Å². The van der Waals surface area contributed by atoms with E-state index in [1.807, 2.05) is 19.1 Å². The first-order valence-electron chi connectivity index (χ1n) is 7.60. The third kappa shape index (κ3) is 4.26. The molecule has 21 heavy (non-hydrogen) atoms. The molecule has 1 heterocycles. The largest absolute Gasteiger partial charge is 0.492 e. The summed E-state index contributed by atoms with van der Waals surface area (Å²) >= 11 is 12.8. The number of hydrogen-bond donors (Lipinski definition) is 1. The van der Waals surface area contributed by atoms with Crippen LogP contribution in [0, 0.1) is 5.92 Å². The molecule has 1 N–H and O–H groups in total. The van der Waals surface area contributed by atoms with Crippen LogP contribution < -0.4 is 10.1 Å². The van der Waals surface area contributed by atoms with Crippen molar-refractivity contribution >= 4 is 23.2 Å². The Morgan fingerprint density at radius 2 is 2.14 bits per heavy atom. The van der Waals surface area contributed by atoms with Crippen molar-refractivity contribution in [3.63, 3.8) is 0 Å². The maximum atomic E-state index is 6.47. The predicted molar refractivity (Wildman–Crippen MR) is 87.6 cm³/mol. The van der Waals surface area contributed by atoms with Crippen molar-refractivity contribution in [1.82, 2.24) is 5.32 Å². The topological polar surface area (TPSA) is 30.5 Å². The standard InChI is InChI=1S/C16H23Cl2NO2/c1-3-6-19-16(11-5-7-20-10-11)12-8-14(18)15(21-4-2)9-13(12)17/h8-9,11,16,19H,3-7,10H2,1-2H3. The summed E-state index contributed by atoms with van der Waals surface area (Å²) in [4.78, 5) is 0. The van der Waals surface area contributed by atoms with Crippen molar-refractivity contribution in [2.24, 2.45) is 5.92 Å². The molecule has 1 aromatic rings. The van der Waals surface area contributed by atoms with Crippen molar-refractivity contribution < 1.29 is 9.47 Å². The van der Waals surface area contributed by atoms with Gasteiger partial charge in [0.1, 0.15) is 5.75 Å². The van der Waals surface area contributed by atoms with Crippen LogP contribution in [0.1, 0.15) is 38.3 Å². The first-order chi connectivity index (χ1) is 10.2. The van der Waals surface area contributed by atoms with E-state index in [1.54, 1.807) is 0 Å². The van der Waals surface area contributed by atoms with Gasteiger partial charge in [-0.25, -0.2) is 0 Å². The lowest BCUT2D eigenvalue weighted by Crippen LogP contribution is -2.29. The van der Waals surface area contributed by atoms with Crippen LogP contribution in [0.2, 0.25) is 10.0 Å². The number of hydrogen-bond acceptors (Lipinski definition) is 3. The number of benzene rings is 1. The minimum absolute atomic E-state index is 0.174. The molecule has 0 radical (unpaired) electrons. The zero-order valence-corrected chi connectivity index (χ0v) is 14.1. The van der Waals surface area contributed by atoms with Crippen molar-refractivity contribution in [1.29, 1.82) is 0 Å². The molecule has 2 atom stereocenters. The molecule has 1 aliphatic rings. The molecule has 0 spiro atoms. The van der Waals surface area contributed by atoms with Crippen LogP contribution in [0.25, 0.3) is 0 Å². The Kier molecular flexibility index (Phi) is 6.62. The van der Waals surface area contributed by atoms with Gasteiger partial charge in [0.05, 0.1) is 18.2 Å². The van der Waals surface area contributed by atoms with E-state index in [0.29, 0.717) is 28.3 Å². The Bertz CT molecular complexity index is 462. The van der Waals surface area contributed by atoms with Gasteiger partial charge >= 0.3 is 0 Å². The molecule has 1 fully saturated rings. The molecule has 1 aromatic carbocycles. The minimum Gasteiger partial charge on any atom is -0.492 e. The SMILES string of the molecule is CCCNC(c1cc(Cl)c(OCC)cc1Cl)C1CCOC1. The lowest BCUT2D eigenvalue weighted by Gasteiger charge is -2.26. The highest BCUT2D eigenvalue weighted by atomic mass is 35.5. The lowest BCUT2D eigenvalue weighted by molar-refractivity contribution is 0.176. The highest BCUT2D eigenvalue weighted by molar-refractivity contribution is 6.34. The zero-order chi connectivity index (χ0) is 15.2. The van der Waals surface area contributed by atoms with E-state index in [9.17, 15) is 0 Å². The first kappa shape index (κ1) is 16.9. The molecule has 5 heteroatoms. The van der Waals surface area contributed by atoms with Crippen LogP contribution in [-0.4, -0.2) is 26.4 Å². The highest BCUT2D eigenvalue weighted by Gasteiger charge is 2.28. The smallest absolute Gasteiger partial charge is 0.139 e. The maximum Gasteiger partial charge on any atom is 0.139 e. The van der Waals surface area contributed by atoms with Crippen molar-refractivity contribution in [2.45, 2.75) is 32.7 Å². The van der Waals surface area contributed by atoms with Gasteiger partial charge in [-0.05, 0) is 37.9 Å². The molecule has 0 bridgehead atoms. The molecule has 0 amide bonds. The molecule has 3 nitrogen and oxygen atoms in total. The average Bonchev–Trinajstić information content (AvgIpc) is 2.98. The molecule has 2 rings (SSSR count). The third-order valence-corrected chi connectivity index (χ3v) is 4.36. The summed E-state index contributed by atoms with van der Waals surface area (Å²) in [5, 5.41) is 4.89. The highest BCUT2D eigenvalue weighted by Crippen LogP contribution is 2.38. The fourth-order valence-electron chi connectivity index (χ4n) is 2.69. The summed E-state index contributed by atoms with van der Waals surface area (Å²) in [6, 6.07) is 3.92. The van der Waals surface area contributed by atoms with E-state index in [4.69, 9.17) is 32.7 Å². The van der Waals surface area contributed by atoms with E-state index in [-0.39, 0.29) is 6.04 Å². The van der Waals surface area contributed by atoms with Gasteiger partial charge in [0.2, 0.25) is 0 Å². The van der Waals surface area contributed by atoms with Crippen LogP contribution in [0.15, 0.2) is 12.1 Å². The fourth-order valence-corrected chi connectivity index (χ4v) is 3.19. The fraction of sp³-hybridized carbons (Fsp3) is 0.625. The van der Waals surface area contributed by atoms with Crippen LogP contribution in [-0.2, 0) is 4.74 Å². The minimum atomic E-state index is 0.174. The second kappa shape index (κ2) is 8.23. The van der Waals surface area contributed by atoms with E-state index in [1.165, 1.54) is 0 Å². The molecule has 0 aromatic heterocycles. The Morgan fingerprint density at radius 3 is 2.76 bits per heavy atom. The van der Waals surface area contributed by atoms with Crippen molar-refractivity contribution in [3.05, 3.63) is 27.7 Å². The predicted octanol–water partition coefficient (Wildman–Crippen LogP) is 4.47. The summed E-state index contributed by atoms with van der Waals surface area (Å²) in [5.41, 5.74) is 1.04. The number of nitrogens with one attached hydrogen (secondary N) is 1. The van der Waals surface area contributed by atoms with E-state index in [2.05, 4.69) is 12.2 Å². The molecule has 1 aliphatic heterocycles. The van der Waals surface area contributed by atoms with Crippen LogP contribution >= 0.6 is 23.2 Å². The maximum absolute atomic E-state index is 6.47. The quantitative estimate of drug-likeness (QED) is 0.799. The first-order valence-corrected chi connectivity index (χ1v) is 8.35. The van der Waals surface area contributed by atoms with E-state index >= 15 is 0 Å². The average molecular weight is 332 g/mol. The van der Waals surface area contributed by atoms with Crippen molar-refractivity contribution in [2.75, 3.05) is 26.4 Å². The van der Waals surface area contributed by atoms with Gasteiger partial charge in [-0.15, -0.1) is 0 Å². The number of rotatable bonds is 7.